The highest BCUT2D eigenvalue weighted by Gasteiger charge is 2.28. The highest BCUT2D eigenvalue weighted by molar-refractivity contribution is 6.31. The van der Waals surface area contributed by atoms with E-state index in [4.69, 9.17) is 26.8 Å². The Kier molecular flexibility index (Phi) is 7.69. The Morgan fingerprint density at radius 1 is 1.05 bits per heavy atom. The Morgan fingerprint density at radius 3 is 2.65 bits per heavy atom. The van der Waals surface area contributed by atoms with Gasteiger partial charge in [0, 0.05) is 66.1 Å². The van der Waals surface area contributed by atoms with Crippen molar-refractivity contribution in [2.24, 2.45) is 11.7 Å². The summed E-state index contributed by atoms with van der Waals surface area (Å²) in [5.41, 5.74) is 6.97. The Hall–Kier alpha value is -4.96. The quantitative estimate of drug-likeness (QED) is 0.217. The molecule has 11 heteroatoms. The molecule has 6 rings (SSSR count). The second kappa shape index (κ2) is 11.7. The zero-order valence-electron chi connectivity index (χ0n) is 23.3. The maximum Gasteiger partial charge on any atom is 0.252 e. The maximum absolute atomic E-state index is 13.6. The van der Waals surface area contributed by atoms with Gasteiger partial charge in [-0.1, -0.05) is 24.6 Å². The minimum absolute atomic E-state index is 0.0139. The second-order valence-electron chi connectivity index (χ2n) is 10.5. The molecular formula is C32H28ClN5O5. The van der Waals surface area contributed by atoms with Crippen molar-refractivity contribution in [1.82, 2.24) is 19.7 Å². The molecular weight excluding hydrogens is 570 g/mol. The average molecular weight is 598 g/mol. The number of nitrogens with zero attached hydrogens (tertiary/aromatic N) is 4. The molecule has 5 aromatic rings. The molecule has 0 radical (unpaired) electrons. The molecule has 0 aliphatic carbocycles. The molecule has 1 fully saturated rings. The molecule has 10 nitrogen and oxygen atoms in total. The number of amides is 2. The number of ketones is 1. The first kappa shape index (κ1) is 28.2. The highest BCUT2D eigenvalue weighted by atomic mass is 35.5. The van der Waals surface area contributed by atoms with E-state index in [1.54, 1.807) is 60.9 Å². The lowest BCUT2D eigenvalue weighted by Crippen LogP contribution is -2.30. The van der Waals surface area contributed by atoms with Crippen molar-refractivity contribution in [1.29, 1.82) is 0 Å². The van der Waals surface area contributed by atoms with Gasteiger partial charge in [-0.25, -0.2) is 0 Å². The summed E-state index contributed by atoms with van der Waals surface area (Å²) in [5.74, 6) is 0.253. The van der Waals surface area contributed by atoms with E-state index in [0.717, 1.165) is 22.7 Å². The molecule has 1 atom stereocenters. The van der Waals surface area contributed by atoms with E-state index in [1.807, 2.05) is 28.5 Å². The number of nitrogens with two attached hydrogens (primary N) is 1. The number of hydrogen-bond donors (Lipinski definition) is 1. The number of hydrogen-bond acceptors (Lipinski definition) is 7. The van der Waals surface area contributed by atoms with Crippen LogP contribution in [0.1, 0.15) is 34.1 Å². The summed E-state index contributed by atoms with van der Waals surface area (Å²) in [5, 5.41) is 10.6. The third-order valence-electron chi connectivity index (χ3n) is 7.63. The lowest BCUT2D eigenvalue weighted by Gasteiger charge is -2.17. The maximum atomic E-state index is 13.6. The molecule has 2 N–H and O–H groups in total. The van der Waals surface area contributed by atoms with Crippen LogP contribution in [0.3, 0.4) is 0 Å². The number of rotatable bonds is 10. The molecule has 1 aliphatic rings. The van der Waals surface area contributed by atoms with E-state index in [1.165, 1.54) is 0 Å². The fourth-order valence-electron chi connectivity index (χ4n) is 5.33. The van der Waals surface area contributed by atoms with Crippen LogP contribution in [0.15, 0.2) is 73.1 Å². The smallest absolute Gasteiger partial charge is 0.252 e. The molecule has 0 bridgehead atoms. The van der Waals surface area contributed by atoms with Crippen molar-refractivity contribution >= 4 is 50.9 Å². The number of benzene rings is 3. The average Bonchev–Trinajstić information content (AvgIpc) is 3.53. The van der Waals surface area contributed by atoms with Crippen LogP contribution in [0.4, 0.5) is 0 Å². The van der Waals surface area contributed by atoms with Gasteiger partial charge in [0.2, 0.25) is 17.6 Å². The zero-order valence-corrected chi connectivity index (χ0v) is 24.1. The van der Waals surface area contributed by atoms with Gasteiger partial charge in [-0.05, 0) is 59.7 Å². The molecule has 0 saturated carbocycles. The fraction of sp³-hybridized carbons (Fsp3) is 0.219. The third kappa shape index (κ3) is 5.87. The van der Waals surface area contributed by atoms with Crippen molar-refractivity contribution in [2.75, 3.05) is 19.7 Å². The summed E-state index contributed by atoms with van der Waals surface area (Å²) in [4.78, 5) is 40.2. The lowest BCUT2D eigenvalue weighted by atomic mass is 10.1. The van der Waals surface area contributed by atoms with Gasteiger partial charge in [-0.2, -0.15) is 5.10 Å². The number of carbonyl (C=O) groups is 3. The van der Waals surface area contributed by atoms with Crippen LogP contribution in [0.5, 0.6) is 17.4 Å². The number of aromatic nitrogens is 3. The van der Waals surface area contributed by atoms with E-state index < -0.39 is 5.91 Å². The van der Waals surface area contributed by atoms with Crippen LogP contribution in [-0.4, -0.2) is 57.0 Å². The summed E-state index contributed by atoms with van der Waals surface area (Å²) < 4.78 is 13.7. The van der Waals surface area contributed by atoms with Crippen LogP contribution >= 0.6 is 11.6 Å². The number of likely N-dealkylation sites (tertiary alicyclic amines) is 1. The number of primary amides is 1. The first-order valence-corrected chi connectivity index (χ1v) is 14.2. The molecule has 1 unspecified atom stereocenters. The minimum atomic E-state index is -0.678. The topological polar surface area (TPSA) is 130 Å². The first-order valence-electron chi connectivity index (χ1n) is 13.8. The van der Waals surface area contributed by atoms with E-state index in [-0.39, 0.29) is 35.5 Å². The molecule has 1 saturated heterocycles. The number of ether oxygens (including phenoxy) is 2. The number of fused-ring (bicyclic) bond motifs is 2. The summed E-state index contributed by atoms with van der Waals surface area (Å²) >= 11 is 6.11. The predicted octanol–water partition coefficient (Wildman–Crippen LogP) is 5.26. The molecule has 0 spiro atoms. The third-order valence-corrected chi connectivity index (χ3v) is 7.86. The van der Waals surface area contributed by atoms with E-state index in [9.17, 15) is 14.4 Å². The van der Waals surface area contributed by atoms with Crippen LogP contribution in [0, 0.1) is 5.92 Å². The molecule has 2 aromatic heterocycles. The number of Topliss-reactive ketones (excluding diaryl/α,β-unsaturated/α-hetero) is 1. The molecule has 1 aliphatic heterocycles. The summed E-state index contributed by atoms with van der Waals surface area (Å²) in [7, 11) is 0. The van der Waals surface area contributed by atoms with Crippen molar-refractivity contribution in [3.05, 3.63) is 89.2 Å². The normalized spacial score (nSPS) is 14.9. The summed E-state index contributed by atoms with van der Waals surface area (Å²) in [6.07, 6.45) is 4.16. The number of carbonyl (C=O) groups excluding carboxylic acids is 3. The monoisotopic (exact) mass is 597 g/mol. The van der Waals surface area contributed by atoms with Crippen LogP contribution in [0.2, 0.25) is 5.02 Å². The van der Waals surface area contributed by atoms with Crippen LogP contribution < -0.4 is 15.2 Å². The standard InChI is InChI=1S/C32H28ClN5O5/c1-19-8-10-37(32(19)41)11-12-38-17-26(24-7-6-23(16-27(24)38)43-30-3-2-9-35-36-30)28(39)18-42-29-15-20-4-5-22(33)13-21(20)14-25(29)31(34)40/h2-7,9,13-17,19H,8,10-12,18H2,1H3,(H2,34,40). The van der Waals surface area contributed by atoms with Gasteiger partial charge in [0.15, 0.2) is 6.61 Å². The van der Waals surface area contributed by atoms with E-state index in [2.05, 4.69) is 10.2 Å². The first-order chi connectivity index (χ1) is 20.8. The van der Waals surface area contributed by atoms with Crippen molar-refractivity contribution in [3.63, 3.8) is 0 Å². The van der Waals surface area contributed by atoms with Crippen molar-refractivity contribution in [3.8, 4) is 17.4 Å². The van der Waals surface area contributed by atoms with Gasteiger partial charge in [0.1, 0.15) is 11.5 Å². The van der Waals surface area contributed by atoms with Gasteiger partial charge in [-0.3, -0.25) is 14.4 Å². The minimum Gasteiger partial charge on any atom is -0.485 e. The van der Waals surface area contributed by atoms with Gasteiger partial charge in [0.25, 0.3) is 5.91 Å². The summed E-state index contributed by atoms with van der Waals surface area (Å²) in [6.45, 7) is 3.32. The van der Waals surface area contributed by atoms with E-state index >= 15 is 0 Å². The Bertz CT molecular complexity index is 1870. The van der Waals surface area contributed by atoms with Crippen LogP contribution in [-0.2, 0) is 11.3 Å². The van der Waals surface area contributed by atoms with Gasteiger partial charge >= 0.3 is 0 Å². The number of halogens is 1. The Balaban J connectivity index is 1.29. The molecule has 43 heavy (non-hydrogen) atoms. The SMILES string of the molecule is CC1CCN(CCn2cc(C(=O)COc3cc4ccc(Cl)cc4cc3C(N)=O)c3ccc(Oc4cccnn4)cc32)C1=O. The molecule has 2 amide bonds. The molecule has 3 aromatic carbocycles. The van der Waals surface area contributed by atoms with Crippen molar-refractivity contribution < 1.29 is 23.9 Å². The zero-order chi connectivity index (χ0) is 30.1. The fourth-order valence-corrected chi connectivity index (χ4v) is 5.51. The Labute approximate surface area is 251 Å². The summed E-state index contributed by atoms with van der Waals surface area (Å²) in [6, 6.07) is 17.4. The lowest BCUT2D eigenvalue weighted by molar-refractivity contribution is -0.130. The largest absolute Gasteiger partial charge is 0.485 e. The van der Waals surface area contributed by atoms with E-state index in [0.29, 0.717) is 47.2 Å². The van der Waals surface area contributed by atoms with Gasteiger partial charge in [0.05, 0.1) is 11.1 Å². The predicted molar refractivity (Wildman–Crippen MR) is 162 cm³/mol. The molecule has 218 valence electrons. The Morgan fingerprint density at radius 2 is 1.91 bits per heavy atom. The van der Waals surface area contributed by atoms with Gasteiger partial charge in [-0.15, -0.1) is 5.10 Å². The molecule has 3 heterocycles. The second-order valence-corrected chi connectivity index (χ2v) is 10.9. The van der Waals surface area contributed by atoms with Gasteiger partial charge < -0.3 is 24.7 Å². The highest BCUT2D eigenvalue weighted by Crippen LogP contribution is 2.31. The van der Waals surface area contributed by atoms with Crippen LogP contribution in [0.25, 0.3) is 21.7 Å². The van der Waals surface area contributed by atoms with Crippen molar-refractivity contribution in [2.45, 2.75) is 19.9 Å².